The van der Waals surface area contributed by atoms with E-state index in [1.54, 1.807) is 36.4 Å². The minimum atomic E-state index is -3.21. The number of furan rings is 1. The molecular formula is C25H23N3O7S. The maximum absolute atomic E-state index is 13.0. The van der Waals surface area contributed by atoms with Crippen molar-refractivity contribution in [2.45, 2.75) is 19.4 Å². The van der Waals surface area contributed by atoms with E-state index in [0.29, 0.717) is 16.9 Å². The Morgan fingerprint density at radius 1 is 1.06 bits per heavy atom. The summed E-state index contributed by atoms with van der Waals surface area (Å²) in [6, 6.07) is 15.2. The summed E-state index contributed by atoms with van der Waals surface area (Å²) in [4.78, 5) is 36.2. The number of amides is 2. The summed E-state index contributed by atoms with van der Waals surface area (Å²) in [7, 11) is -3.21. The first-order valence-electron chi connectivity index (χ1n) is 11.1. The summed E-state index contributed by atoms with van der Waals surface area (Å²) < 4.78 is 29.3. The van der Waals surface area contributed by atoms with Gasteiger partial charge < -0.3 is 15.1 Å². The largest absolute Gasteiger partial charge is 0.457 e. The molecule has 0 spiro atoms. The maximum Gasteiger partial charge on any atom is 0.269 e. The molecule has 0 bridgehead atoms. The number of non-ortho nitro benzene ring substituents is 1. The molecule has 0 unspecified atom stereocenters. The van der Waals surface area contributed by atoms with E-state index in [4.69, 9.17) is 4.42 Å². The van der Waals surface area contributed by atoms with Gasteiger partial charge in [0.15, 0.2) is 9.84 Å². The van der Waals surface area contributed by atoms with Gasteiger partial charge in [-0.1, -0.05) is 17.7 Å². The summed E-state index contributed by atoms with van der Waals surface area (Å²) in [5, 5.41) is 16.1. The SMILES string of the molecule is Cc1ccc(C(=O)N/C(=C/c2ccc(-c3ccc([N+](=O)[O-])cc3)o2)C(=O)N[C@@H]2CCS(=O)(=O)C2)cc1. The van der Waals surface area contributed by atoms with Crippen molar-refractivity contribution in [3.8, 4) is 11.3 Å². The Balaban J connectivity index is 1.59. The van der Waals surface area contributed by atoms with Crippen LogP contribution in [0.5, 0.6) is 0 Å². The Hall–Kier alpha value is -4.25. The fourth-order valence-electron chi connectivity index (χ4n) is 3.71. The van der Waals surface area contributed by atoms with E-state index in [2.05, 4.69) is 10.6 Å². The van der Waals surface area contributed by atoms with Gasteiger partial charge in [0.05, 0.1) is 16.4 Å². The highest BCUT2D eigenvalue weighted by atomic mass is 32.2. The number of aryl methyl sites for hydroxylation is 1. The maximum atomic E-state index is 13.0. The van der Waals surface area contributed by atoms with Gasteiger partial charge >= 0.3 is 0 Å². The summed E-state index contributed by atoms with van der Waals surface area (Å²) in [6.07, 6.45) is 1.64. The molecule has 0 radical (unpaired) electrons. The molecule has 1 atom stereocenters. The van der Waals surface area contributed by atoms with Crippen molar-refractivity contribution >= 4 is 33.4 Å². The molecule has 36 heavy (non-hydrogen) atoms. The third-order valence-electron chi connectivity index (χ3n) is 5.65. The molecule has 2 amide bonds. The van der Waals surface area contributed by atoms with E-state index >= 15 is 0 Å². The molecular weight excluding hydrogens is 486 g/mol. The van der Waals surface area contributed by atoms with E-state index in [-0.39, 0.29) is 35.1 Å². The Bertz CT molecular complexity index is 1440. The number of sulfone groups is 1. The fourth-order valence-corrected chi connectivity index (χ4v) is 5.38. The van der Waals surface area contributed by atoms with Crippen LogP contribution in [0.3, 0.4) is 0 Å². The van der Waals surface area contributed by atoms with Gasteiger partial charge in [0.1, 0.15) is 17.2 Å². The number of hydrogen-bond donors (Lipinski definition) is 2. The summed E-state index contributed by atoms with van der Waals surface area (Å²) in [5.41, 5.74) is 1.73. The zero-order chi connectivity index (χ0) is 25.9. The monoisotopic (exact) mass is 509 g/mol. The number of carbonyl (C=O) groups excluding carboxylic acids is 2. The number of nitrogens with one attached hydrogen (secondary N) is 2. The highest BCUT2D eigenvalue weighted by molar-refractivity contribution is 7.91. The summed E-state index contributed by atoms with van der Waals surface area (Å²) in [6.45, 7) is 1.88. The molecule has 1 fully saturated rings. The standard InChI is InChI=1S/C25H23N3O7S/c1-16-2-4-18(5-3-16)24(29)27-22(25(30)26-19-12-13-36(33,34)15-19)14-21-10-11-23(35-21)17-6-8-20(9-7-17)28(31)32/h2-11,14,19H,12-13,15H2,1H3,(H,26,30)(H,27,29)/b22-14+/t19-/m1/s1. The van der Waals surface area contributed by atoms with Gasteiger partial charge in [-0.2, -0.15) is 0 Å². The molecule has 10 nitrogen and oxygen atoms in total. The Kier molecular flexibility index (Phi) is 7.02. The van der Waals surface area contributed by atoms with Crippen molar-refractivity contribution in [1.29, 1.82) is 0 Å². The lowest BCUT2D eigenvalue weighted by Gasteiger charge is -2.14. The highest BCUT2D eigenvalue weighted by Crippen LogP contribution is 2.25. The molecule has 1 aliphatic rings. The molecule has 2 heterocycles. The average Bonchev–Trinajstić information content (AvgIpc) is 3.44. The van der Waals surface area contributed by atoms with Crippen LogP contribution in [0.25, 0.3) is 17.4 Å². The van der Waals surface area contributed by atoms with E-state index < -0.39 is 32.6 Å². The number of nitro groups is 1. The van der Waals surface area contributed by atoms with Crippen LogP contribution in [0, 0.1) is 17.0 Å². The topological polar surface area (TPSA) is 149 Å². The third-order valence-corrected chi connectivity index (χ3v) is 7.42. The number of benzene rings is 2. The second-order valence-corrected chi connectivity index (χ2v) is 10.7. The number of carbonyl (C=O) groups is 2. The molecule has 3 aromatic rings. The molecule has 11 heteroatoms. The molecule has 1 aliphatic heterocycles. The molecule has 2 aromatic carbocycles. The summed E-state index contributed by atoms with van der Waals surface area (Å²) >= 11 is 0. The second kappa shape index (κ2) is 10.2. The van der Waals surface area contributed by atoms with Crippen LogP contribution in [-0.4, -0.2) is 42.7 Å². The second-order valence-electron chi connectivity index (χ2n) is 8.46. The van der Waals surface area contributed by atoms with Gasteiger partial charge in [0.2, 0.25) is 0 Å². The fraction of sp³-hybridized carbons (Fsp3) is 0.200. The Morgan fingerprint density at radius 3 is 2.36 bits per heavy atom. The van der Waals surface area contributed by atoms with Crippen molar-refractivity contribution < 1.29 is 27.3 Å². The quantitative estimate of drug-likeness (QED) is 0.282. The minimum Gasteiger partial charge on any atom is -0.457 e. The normalized spacial score (nSPS) is 16.9. The molecule has 1 aromatic heterocycles. The van der Waals surface area contributed by atoms with Crippen molar-refractivity contribution in [2.24, 2.45) is 0 Å². The first kappa shape index (κ1) is 24.9. The Labute approximate surface area is 207 Å². The molecule has 186 valence electrons. The van der Waals surface area contributed by atoms with E-state index in [0.717, 1.165) is 5.56 Å². The first-order chi connectivity index (χ1) is 17.1. The lowest BCUT2D eigenvalue weighted by molar-refractivity contribution is -0.384. The zero-order valence-electron chi connectivity index (χ0n) is 19.3. The van der Waals surface area contributed by atoms with Crippen molar-refractivity contribution in [1.82, 2.24) is 10.6 Å². The minimum absolute atomic E-state index is 0.0104. The predicted molar refractivity (Wildman–Crippen MR) is 133 cm³/mol. The van der Waals surface area contributed by atoms with Gasteiger partial charge in [-0.05, 0) is 49.7 Å². The molecule has 4 rings (SSSR count). The van der Waals surface area contributed by atoms with Gasteiger partial charge in [-0.3, -0.25) is 19.7 Å². The predicted octanol–water partition coefficient (Wildman–Crippen LogP) is 3.24. The summed E-state index contributed by atoms with van der Waals surface area (Å²) in [5.74, 6) is -0.685. The lowest BCUT2D eigenvalue weighted by atomic mass is 10.1. The van der Waals surface area contributed by atoms with Crippen LogP contribution >= 0.6 is 0 Å². The van der Waals surface area contributed by atoms with Crippen molar-refractivity contribution in [2.75, 3.05) is 11.5 Å². The van der Waals surface area contributed by atoms with E-state index in [1.807, 2.05) is 6.92 Å². The zero-order valence-corrected chi connectivity index (χ0v) is 20.1. The van der Waals surface area contributed by atoms with Crippen molar-refractivity contribution in [3.05, 3.63) is 93.4 Å². The number of nitrogens with zero attached hydrogens (tertiary/aromatic N) is 1. The van der Waals surface area contributed by atoms with E-state index in [1.165, 1.54) is 30.3 Å². The van der Waals surface area contributed by atoms with Crippen LogP contribution in [-0.2, 0) is 14.6 Å². The van der Waals surface area contributed by atoms with Crippen LogP contribution in [0.15, 0.2) is 70.8 Å². The van der Waals surface area contributed by atoms with Gasteiger partial charge in [0, 0.05) is 35.4 Å². The highest BCUT2D eigenvalue weighted by Gasteiger charge is 2.30. The van der Waals surface area contributed by atoms with E-state index in [9.17, 15) is 28.1 Å². The van der Waals surface area contributed by atoms with Crippen LogP contribution in [0.1, 0.15) is 28.1 Å². The molecule has 1 saturated heterocycles. The van der Waals surface area contributed by atoms with Gasteiger partial charge in [-0.15, -0.1) is 0 Å². The van der Waals surface area contributed by atoms with Crippen molar-refractivity contribution in [3.63, 3.8) is 0 Å². The molecule has 0 aliphatic carbocycles. The number of nitro benzene ring substituents is 1. The van der Waals surface area contributed by atoms with Gasteiger partial charge in [0.25, 0.3) is 17.5 Å². The smallest absolute Gasteiger partial charge is 0.269 e. The molecule has 0 saturated carbocycles. The lowest BCUT2D eigenvalue weighted by Crippen LogP contribution is -2.41. The number of hydrogen-bond acceptors (Lipinski definition) is 7. The third kappa shape index (κ3) is 6.05. The van der Waals surface area contributed by atoms with Gasteiger partial charge in [-0.25, -0.2) is 8.42 Å². The molecule has 2 N–H and O–H groups in total. The number of rotatable bonds is 7. The Morgan fingerprint density at radius 2 is 1.75 bits per heavy atom. The van der Waals surface area contributed by atoms with Crippen LogP contribution in [0.4, 0.5) is 5.69 Å². The van der Waals surface area contributed by atoms with Crippen LogP contribution < -0.4 is 10.6 Å². The van der Waals surface area contributed by atoms with Crippen LogP contribution in [0.2, 0.25) is 0 Å². The average molecular weight is 510 g/mol. The first-order valence-corrected chi connectivity index (χ1v) is 12.9.